The number of carbonyl (C=O) groups is 1. The lowest BCUT2D eigenvalue weighted by Crippen LogP contribution is -2.34. The Hall–Kier alpha value is -3.17. The van der Waals surface area contributed by atoms with Gasteiger partial charge in [0.1, 0.15) is 5.82 Å². The second-order valence-electron chi connectivity index (χ2n) is 11.1. The second-order valence-corrected chi connectivity index (χ2v) is 13.5. The first kappa shape index (κ1) is 27.9. The Morgan fingerprint density at radius 1 is 1.05 bits per heavy atom. The van der Waals surface area contributed by atoms with Gasteiger partial charge in [0, 0.05) is 22.9 Å². The Labute approximate surface area is 226 Å². The maximum Gasteiger partial charge on any atom is 0.324 e. The molecule has 3 N–H and O–H groups in total. The highest BCUT2D eigenvalue weighted by Gasteiger charge is 2.34. The van der Waals surface area contributed by atoms with Crippen molar-refractivity contribution in [2.24, 2.45) is 5.92 Å². The molecule has 38 heavy (non-hydrogen) atoms. The van der Waals surface area contributed by atoms with Gasteiger partial charge in [0.15, 0.2) is 9.84 Å². The van der Waals surface area contributed by atoms with E-state index < -0.39 is 21.1 Å². The molecule has 9 heteroatoms. The first-order valence-corrected chi connectivity index (χ1v) is 15.0. The molecule has 1 fully saturated rings. The molecule has 8 nitrogen and oxygen atoms in total. The zero-order valence-corrected chi connectivity index (χ0v) is 23.7. The van der Waals surface area contributed by atoms with Gasteiger partial charge in [-0.2, -0.15) is 5.10 Å². The number of hydrogen-bond donors (Lipinski definition) is 3. The van der Waals surface area contributed by atoms with Crippen LogP contribution in [0.5, 0.6) is 0 Å². The molecule has 4 rings (SSSR count). The molecule has 2 heterocycles. The molecule has 0 radical (unpaired) electrons. The number of nitrogens with one attached hydrogen (secondary N) is 3. The average molecular weight is 538 g/mol. The summed E-state index contributed by atoms with van der Waals surface area (Å²) in [5.74, 6) is 0.755. The standard InChI is InChI=1S/C29H39N5O3S/c1-6-38(36,37)27(22-15-17-30-18-16-22)21-9-11-23(12-10-21)31-28(35)32-26-19-25(29(3,4)5)33-34(26)24-13-7-20(2)8-14-24/h7-14,19,22,27,30H,6,15-18H2,1-5H3,(H2,31,32,35). The maximum absolute atomic E-state index is 13.0. The third kappa shape index (κ3) is 6.45. The fourth-order valence-electron chi connectivity index (χ4n) is 4.85. The van der Waals surface area contributed by atoms with Crippen molar-refractivity contribution in [2.45, 2.75) is 58.1 Å². The zero-order chi connectivity index (χ0) is 27.5. The van der Waals surface area contributed by atoms with Crippen LogP contribution >= 0.6 is 0 Å². The van der Waals surface area contributed by atoms with Gasteiger partial charge < -0.3 is 10.6 Å². The number of anilines is 2. The highest BCUT2D eigenvalue weighted by atomic mass is 32.2. The third-order valence-corrected chi connectivity index (χ3v) is 9.33. The molecule has 0 bridgehead atoms. The first-order chi connectivity index (χ1) is 18.0. The SMILES string of the molecule is CCS(=O)(=O)C(c1ccc(NC(=O)Nc2cc(C(C)(C)C)nn2-c2ccc(C)cc2)cc1)C1CCNCC1. The Balaban J connectivity index is 1.53. The number of amides is 2. The van der Waals surface area contributed by atoms with Gasteiger partial charge in [-0.05, 0) is 68.6 Å². The quantitative estimate of drug-likeness (QED) is 0.364. The van der Waals surface area contributed by atoms with E-state index in [0.717, 1.165) is 48.4 Å². The average Bonchev–Trinajstić information content (AvgIpc) is 3.30. The number of urea groups is 1. The number of piperidine rings is 1. The van der Waals surface area contributed by atoms with Gasteiger partial charge in [-0.25, -0.2) is 17.9 Å². The molecule has 1 aliphatic heterocycles. The lowest BCUT2D eigenvalue weighted by atomic mass is 9.90. The molecule has 1 saturated heterocycles. The van der Waals surface area contributed by atoms with Gasteiger partial charge in [0.25, 0.3) is 0 Å². The zero-order valence-electron chi connectivity index (χ0n) is 22.9. The number of aromatic nitrogens is 2. The summed E-state index contributed by atoms with van der Waals surface area (Å²) in [5.41, 5.74) is 4.02. The molecule has 1 unspecified atom stereocenters. The molecular formula is C29H39N5O3S. The van der Waals surface area contributed by atoms with Crippen LogP contribution in [-0.4, -0.2) is 43.1 Å². The largest absolute Gasteiger partial charge is 0.324 e. The van der Waals surface area contributed by atoms with E-state index in [9.17, 15) is 13.2 Å². The third-order valence-electron chi connectivity index (χ3n) is 7.10. The molecule has 1 aliphatic rings. The maximum atomic E-state index is 13.0. The molecule has 0 saturated carbocycles. The minimum atomic E-state index is -3.27. The van der Waals surface area contributed by atoms with E-state index in [1.165, 1.54) is 0 Å². The summed E-state index contributed by atoms with van der Waals surface area (Å²) in [5, 5.41) is 13.4. The van der Waals surface area contributed by atoms with Gasteiger partial charge in [-0.15, -0.1) is 0 Å². The Morgan fingerprint density at radius 2 is 1.68 bits per heavy atom. The van der Waals surface area contributed by atoms with Crippen molar-refractivity contribution in [1.82, 2.24) is 15.1 Å². The van der Waals surface area contributed by atoms with Crippen LogP contribution in [0.25, 0.3) is 5.69 Å². The van der Waals surface area contributed by atoms with Crippen molar-refractivity contribution in [3.05, 3.63) is 71.4 Å². The Morgan fingerprint density at radius 3 is 2.26 bits per heavy atom. The lowest BCUT2D eigenvalue weighted by Gasteiger charge is -2.30. The van der Waals surface area contributed by atoms with Gasteiger partial charge >= 0.3 is 6.03 Å². The summed E-state index contributed by atoms with van der Waals surface area (Å²) in [6, 6.07) is 16.6. The number of hydrogen-bond acceptors (Lipinski definition) is 5. The van der Waals surface area contributed by atoms with E-state index in [2.05, 4.69) is 36.7 Å². The molecular weight excluding hydrogens is 498 g/mol. The smallest absolute Gasteiger partial charge is 0.317 e. The fourth-order valence-corrected chi connectivity index (χ4v) is 6.64. The van der Waals surface area contributed by atoms with Crippen LogP contribution in [0.2, 0.25) is 0 Å². The van der Waals surface area contributed by atoms with E-state index in [1.54, 1.807) is 23.7 Å². The van der Waals surface area contributed by atoms with Crippen LogP contribution in [0.3, 0.4) is 0 Å². The van der Waals surface area contributed by atoms with Crippen molar-refractivity contribution in [2.75, 3.05) is 29.5 Å². The van der Waals surface area contributed by atoms with Crippen LogP contribution in [0.1, 0.15) is 62.6 Å². The van der Waals surface area contributed by atoms with Crippen molar-refractivity contribution in [1.29, 1.82) is 0 Å². The Kier molecular flexibility index (Phi) is 8.28. The number of nitrogens with zero attached hydrogens (tertiary/aromatic N) is 2. The van der Waals surface area contributed by atoms with Crippen LogP contribution < -0.4 is 16.0 Å². The van der Waals surface area contributed by atoms with E-state index in [1.807, 2.05) is 49.4 Å². The van der Waals surface area contributed by atoms with Gasteiger partial charge in [-0.3, -0.25) is 5.32 Å². The summed E-state index contributed by atoms with van der Waals surface area (Å²) in [7, 11) is -3.27. The van der Waals surface area contributed by atoms with Crippen LogP contribution in [0, 0.1) is 12.8 Å². The number of benzene rings is 2. The minimum absolute atomic E-state index is 0.0855. The monoisotopic (exact) mass is 537 g/mol. The summed E-state index contributed by atoms with van der Waals surface area (Å²) in [6.45, 7) is 11.6. The molecule has 3 aromatic rings. The number of aryl methyl sites for hydroxylation is 1. The highest BCUT2D eigenvalue weighted by molar-refractivity contribution is 7.91. The highest BCUT2D eigenvalue weighted by Crippen LogP contribution is 2.36. The number of sulfone groups is 1. The molecule has 2 amide bonds. The van der Waals surface area contributed by atoms with E-state index in [4.69, 9.17) is 5.10 Å². The van der Waals surface area contributed by atoms with Gasteiger partial charge in [-0.1, -0.05) is 57.5 Å². The normalized spacial score (nSPS) is 15.7. The van der Waals surface area contributed by atoms with E-state index in [-0.39, 0.29) is 17.1 Å². The van der Waals surface area contributed by atoms with Gasteiger partial charge in [0.05, 0.1) is 16.6 Å². The summed E-state index contributed by atoms with van der Waals surface area (Å²) in [4.78, 5) is 13.0. The molecule has 2 aromatic carbocycles. The van der Waals surface area contributed by atoms with Crippen LogP contribution in [0.15, 0.2) is 54.6 Å². The predicted octanol–water partition coefficient (Wildman–Crippen LogP) is 5.60. The van der Waals surface area contributed by atoms with E-state index >= 15 is 0 Å². The summed E-state index contributed by atoms with van der Waals surface area (Å²) < 4.78 is 27.7. The number of rotatable bonds is 7. The lowest BCUT2D eigenvalue weighted by molar-refractivity contribution is 0.262. The van der Waals surface area contributed by atoms with Crippen molar-refractivity contribution in [3.8, 4) is 5.69 Å². The molecule has 0 spiro atoms. The molecule has 0 aliphatic carbocycles. The predicted molar refractivity (Wildman–Crippen MR) is 154 cm³/mol. The van der Waals surface area contributed by atoms with Crippen LogP contribution in [-0.2, 0) is 15.3 Å². The molecule has 1 atom stereocenters. The second kappa shape index (κ2) is 11.3. The molecule has 1 aromatic heterocycles. The Bertz CT molecular complexity index is 1350. The fraction of sp³-hybridized carbons (Fsp3) is 0.448. The summed E-state index contributed by atoms with van der Waals surface area (Å²) >= 11 is 0. The first-order valence-electron chi connectivity index (χ1n) is 13.3. The van der Waals surface area contributed by atoms with Crippen molar-refractivity contribution >= 4 is 27.4 Å². The minimum Gasteiger partial charge on any atom is -0.317 e. The van der Waals surface area contributed by atoms with Gasteiger partial charge in [0.2, 0.25) is 0 Å². The topological polar surface area (TPSA) is 105 Å². The number of carbonyl (C=O) groups excluding carboxylic acids is 1. The van der Waals surface area contributed by atoms with E-state index in [0.29, 0.717) is 11.5 Å². The van der Waals surface area contributed by atoms with Crippen molar-refractivity contribution in [3.63, 3.8) is 0 Å². The van der Waals surface area contributed by atoms with Crippen LogP contribution in [0.4, 0.5) is 16.3 Å². The molecule has 204 valence electrons. The summed E-state index contributed by atoms with van der Waals surface area (Å²) in [6.07, 6.45) is 1.66. The van der Waals surface area contributed by atoms with Crippen molar-refractivity contribution < 1.29 is 13.2 Å².